The van der Waals surface area contributed by atoms with Gasteiger partial charge in [-0.2, -0.15) is 5.10 Å². The van der Waals surface area contributed by atoms with E-state index in [0.29, 0.717) is 22.6 Å². The third kappa shape index (κ3) is 8.56. The number of non-ortho nitro benzene ring substituents is 1. The number of nitro benzene ring substituents is 1. The Balaban J connectivity index is 1.63. The van der Waals surface area contributed by atoms with Gasteiger partial charge in [0.2, 0.25) is 0 Å². The molecule has 0 aliphatic rings. The van der Waals surface area contributed by atoms with E-state index in [1.54, 1.807) is 45.9 Å². The number of alkyl carbamates (subject to hydrolysis) is 1. The zero-order valence-corrected chi connectivity index (χ0v) is 21.6. The first kappa shape index (κ1) is 28.1. The lowest BCUT2D eigenvalue weighted by atomic mass is 10.1. The van der Waals surface area contributed by atoms with Gasteiger partial charge in [0.15, 0.2) is 0 Å². The van der Waals surface area contributed by atoms with Gasteiger partial charge in [-0.05, 0) is 57.0 Å². The number of ether oxygens (including phenoxy) is 2. The number of hydrogen-bond donors (Lipinski definition) is 2. The maximum atomic E-state index is 12.8. The normalized spacial score (nSPS) is 12.2. The van der Waals surface area contributed by atoms with Crippen LogP contribution in [0.3, 0.4) is 0 Å². The number of aryl methyl sites for hydroxylation is 1. The van der Waals surface area contributed by atoms with Crippen LogP contribution in [0.2, 0.25) is 0 Å². The number of carbonyl (C=O) groups excluding carboxylic acids is 2. The molecule has 0 aliphatic carbocycles. The van der Waals surface area contributed by atoms with Crippen molar-refractivity contribution in [3.05, 3.63) is 87.7 Å². The van der Waals surface area contributed by atoms with Crippen LogP contribution in [-0.4, -0.2) is 41.4 Å². The number of rotatable bonds is 10. The Labute approximate surface area is 220 Å². The zero-order valence-electron chi connectivity index (χ0n) is 21.6. The van der Waals surface area contributed by atoms with E-state index in [1.807, 2.05) is 30.3 Å². The highest BCUT2D eigenvalue weighted by Crippen LogP contribution is 2.28. The van der Waals surface area contributed by atoms with E-state index >= 15 is 0 Å². The van der Waals surface area contributed by atoms with Crippen molar-refractivity contribution in [3.8, 4) is 11.3 Å². The van der Waals surface area contributed by atoms with Crippen LogP contribution in [0.4, 0.5) is 10.5 Å². The molecule has 0 saturated heterocycles. The molecule has 1 aromatic heterocycles. The average Bonchev–Trinajstić information content (AvgIpc) is 3.31. The summed E-state index contributed by atoms with van der Waals surface area (Å²) < 4.78 is 16.6. The average molecular weight is 523 g/mol. The largest absolute Gasteiger partial charge is 0.455 e. The van der Waals surface area contributed by atoms with E-state index in [9.17, 15) is 19.7 Å². The van der Waals surface area contributed by atoms with Gasteiger partial charge in [-0.15, -0.1) is 0 Å². The third-order valence-electron chi connectivity index (χ3n) is 5.08. The monoisotopic (exact) mass is 522 g/mol. The Kier molecular flexibility index (Phi) is 9.33. The van der Waals surface area contributed by atoms with Gasteiger partial charge in [-0.25, -0.2) is 10.2 Å². The standard InChI is InChI=1S/C27H30N4O7/c1-18-14-20(31(34)35)10-12-22(18)24-13-11-21(37-24)15-28-30-25(32)23(29-26(33)38-27(2,3)4)17-36-16-19-8-6-5-7-9-19/h5-15,23H,16-17H2,1-4H3,(H,29,33)(H,30,32)/b28-15-/t23-/m0/s1. The zero-order chi connectivity index (χ0) is 27.7. The molecule has 200 valence electrons. The van der Waals surface area contributed by atoms with Crippen LogP contribution in [-0.2, 0) is 20.9 Å². The fourth-order valence-electron chi connectivity index (χ4n) is 3.34. The van der Waals surface area contributed by atoms with Gasteiger partial charge in [-0.1, -0.05) is 30.3 Å². The summed E-state index contributed by atoms with van der Waals surface area (Å²) in [4.78, 5) is 35.5. The van der Waals surface area contributed by atoms with E-state index in [4.69, 9.17) is 13.9 Å². The Morgan fingerprint density at radius 1 is 1.13 bits per heavy atom. The second kappa shape index (κ2) is 12.6. The fraction of sp³-hybridized carbons (Fsp3) is 0.296. The summed E-state index contributed by atoms with van der Waals surface area (Å²) in [6.45, 7) is 7.03. The van der Waals surface area contributed by atoms with Gasteiger partial charge in [-0.3, -0.25) is 14.9 Å². The lowest BCUT2D eigenvalue weighted by molar-refractivity contribution is -0.384. The van der Waals surface area contributed by atoms with Crippen molar-refractivity contribution in [2.45, 2.75) is 45.9 Å². The van der Waals surface area contributed by atoms with Crippen molar-refractivity contribution in [2.24, 2.45) is 5.10 Å². The van der Waals surface area contributed by atoms with Crippen LogP contribution < -0.4 is 10.7 Å². The van der Waals surface area contributed by atoms with Crippen molar-refractivity contribution < 1.29 is 28.4 Å². The van der Waals surface area contributed by atoms with Crippen molar-refractivity contribution in [1.29, 1.82) is 0 Å². The number of nitro groups is 1. The van der Waals surface area contributed by atoms with E-state index in [1.165, 1.54) is 18.3 Å². The minimum Gasteiger partial charge on any atom is -0.455 e. The van der Waals surface area contributed by atoms with Crippen molar-refractivity contribution >= 4 is 23.9 Å². The van der Waals surface area contributed by atoms with Gasteiger partial charge in [0.25, 0.3) is 11.6 Å². The first-order valence-corrected chi connectivity index (χ1v) is 11.8. The minimum absolute atomic E-state index is 0.00963. The molecule has 1 heterocycles. The first-order chi connectivity index (χ1) is 18.0. The molecule has 0 aliphatic heterocycles. The summed E-state index contributed by atoms with van der Waals surface area (Å²) in [5.74, 6) is 0.220. The summed E-state index contributed by atoms with van der Waals surface area (Å²) in [5.41, 5.74) is 3.91. The molecule has 38 heavy (non-hydrogen) atoms. The molecule has 0 radical (unpaired) electrons. The molecule has 2 aromatic carbocycles. The van der Waals surface area contributed by atoms with Gasteiger partial charge in [0.1, 0.15) is 23.2 Å². The molecule has 2 N–H and O–H groups in total. The summed E-state index contributed by atoms with van der Waals surface area (Å²) in [5, 5.41) is 17.4. The van der Waals surface area contributed by atoms with Gasteiger partial charge in [0.05, 0.1) is 24.4 Å². The number of hydrazone groups is 1. The van der Waals surface area contributed by atoms with Crippen LogP contribution in [0.25, 0.3) is 11.3 Å². The third-order valence-corrected chi connectivity index (χ3v) is 5.08. The Bertz CT molecular complexity index is 1300. The first-order valence-electron chi connectivity index (χ1n) is 11.8. The van der Waals surface area contributed by atoms with Gasteiger partial charge < -0.3 is 19.2 Å². The Hall–Kier alpha value is -4.51. The van der Waals surface area contributed by atoms with Gasteiger partial charge >= 0.3 is 6.09 Å². The molecule has 2 amide bonds. The number of carbonyl (C=O) groups is 2. The van der Waals surface area contributed by atoms with Gasteiger partial charge in [0, 0.05) is 17.7 Å². The second-order valence-corrected chi connectivity index (χ2v) is 9.39. The quantitative estimate of drug-likeness (QED) is 0.222. The molecular formula is C27H30N4O7. The lowest BCUT2D eigenvalue weighted by Crippen LogP contribution is -2.49. The molecule has 0 spiro atoms. The summed E-state index contributed by atoms with van der Waals surface area (Å²) in [7, 11) is 0. The lowest BCUT2D eigenvalue weighted by Gasteiger charge is -2.22. The highest BCUT2D eigenvalue weighted by molar-refractivity contribution is 5.87. The predicted molar refractivity (Wildman–Crippen MR) is 141 cm³/mol. The molecule has 1 atom stereocenters. The highest BCUT2D eigenvalue weighted by atomic mass is 16.6. The van der Waals surface area contributed by atoms with Crippen LogP contribution in [0, 0.1) is 17.0 Å². The van der Waals surface area contributed by atoms with E-state index < -0.39 is 28.6 Å². The molecule has 3 rings (SSSR count). The number of nitrogens with one attached hydrogen (secondary N) is 2. The summed E-state index contributed by atoms with van der Waals surface area (Å²) >= 11 is 0. The molecular weight excluding hydrogens is 492 g/mol. The van der Waals surface area contributed by atoms with Crippen LogP contribution in [0.1, 0.15) is 37.7 Å². The molecule has 0 saturated carbocycles. The summed E-state index contributed by atoms with van der Waals surface area (Å²) in [6.07, 6.45) is 0.538. The minimum atomic E-state index is -1.07. The number of furan rings is 1. The van der Waals surface area contributed by atoms with E-state index in [2.05, 4.69) is 15.8 Å². The maximum absolute atomic E-state index is 12.8. The molecule has 0 unspecified atom stereocenters. The van der Waals surface area contributed by atoms with E-state index in [-0.39, 0.29) is 18.9 Å². The predicted octanol–water partition coefficient (Wildman–Crippen LogP) is 4.72. The number of nitrogens with zero attached hydrogens (tertiary/aromatic N) is 2. The number of amides is 2. The fourth-order valence-corrected chi connectivity index (χ4v) is 3.34. The second-order valence-electron chi connectivity index (χ2n) is 9.39. The molecule has 0 bridgehead atoms. The molecule has 11 nitrogen and oxygen atoms in total. The van der Waals surface area contributed by atoms with E-state index in [0.717, 1.165) is 5.56 Å². The number of benzene rings is 2. The number of hydrogen-bond acceptors (Lipinski definition) is 8. The van der Waals surface area contributed by atoms with Crippen LogP contribution in [0.15, 0.2) is 70.2 Å². The Morgan fingerprint density at radius 2 is 1.87 bits per heavy atom. The molecule has 11 heteroatoms. The van der Waals surface area contributed by atoms with Crippen LogP contribution >= 0.6 is 0 Å². The van der Waals surface area contributed by atoms with Crippen LogP contribution in [0.5, 0.6) is 0 Å². The van der Waals surface area contributed by atoms with Crippen molar-refractivity contribution in [3.63, 3.8) is 0 Å². The SMILES string of the molecule is Cc1cc([N+](=O)[O-])ccc1-c1ccc(/C=N\NC(=O)[C@H](COCc2ccccc2)NC(=O)OC(C)(C)C)o1. The maximum Gasteiger partial charge on any atom is 0.408 e. The summed E-state index contributed by atoms with van der Waals surface area (Å²) in [6, 6.07) is 16.1. The molecule has 0 fully saturated rings. The molecule has 3 aromatic rings. The highest BCUT2D eigenvalue weighted by Gasteiger charge is 2.24. The van der Waals surface area contributed by atoms with Crippen molar-refractivity contribution in [1.82, 2.24) is 10.7 Å². The smallest absolute Gasteiger partial charge is 0.408 e. The topological polar surface area (TPSA) is 145 Å². The van der Waals surface area contributed by atoms with Crippen molar-refractivity contribution in [2.75, 3.05) is 6.61 Å². The Morgan fingerprint density at radius 3 is 2.53 bits per heavy atom.